The number of ether oxygens (including phenoxy) is 3. The van der Waals surface area contributed by atoms with Crippen molar-refractivity contribution in [2.45, 2.75) is 264 Å². The maximum Gasteiger partial charge on any atom is 0.306 e. The van der Waals surface area contributed by atoms with Crippen LogP contribution in [0.25, 0.3) is 0 Å². The molecular formula is C58H100O6. The Morgan fingerprint density at radius 1 is 0.328 bits per heavy atom. The molecule has 0 radical (unpaired) electrons. The Labute approximate surface area is 395 Å². The average molecular weight is 893 g/mol. The van der Waals surface area contributed by atoms with Crippen molar-refractivity contribution in [1.82, 2.24) is 0 Å². The van der Waals surface area contributed by atoms with Gasteiger partial charge in [0.15, 0.2) is 6.10 Å². The summed E-state index contributed by atoms with van der Waals surface area (Å²) in [6.45, 7) is 6.37. The lowest BCUT2D eigenvalue weighted by Crippen LogP contribution is -2.30. The molecule has 6 heteroatoms. The average Bonchev–Trinajstić information content (AvgIpc) is 3.29. The summed E-state index contributed by atoms with van der Waals surface area (Å²) in [6, 6.07) is 0. The Morgan fingerprint density at radius 3 is 1.03 bits per heavy atom. The molecule has 0 spiro atoms. The van der Waals surface area contributed by atoms with Crippen LogP contribution in [0, 0.1) is 0 Å². The van der Waals surface area contributed by atoms with Crippen LogP contribution in [0.5, 0.6) is 0 Å². The zero-order valence-corrected chi connectivity index (χ0v) is 42.0. The van der Waals surface area contributed by atoms with E-state index in [1.807, 2.05) is 0 Å². The van der Waals surface area contributed by atoms with Crippen LogP contribution in [-0.2, 0) is 28.6 Å². The molecule has 64 heavy (non-hydrogen) atoms. The first-order chi connectivity index (χ1) is 31.5. The van der Waals surface area contributed by atoms with Gasteiger partial charge in [-0.15, -0.1) is 0 Å². The van der Waals surface area contributed by atoms with Crippen LogP contribution in [0.1, 0.15) is 258 Å². The zero-order chi connectivity index (χ0) is 46.5. The van der Waals surface area contributed by atoms with Crippen molar-refractivity contribution in [2.75, 3.05) is 13.2 Å². The summed E-state index contributed by atoms with van der Waals surface area (Å²) in [4.78, 5) is 37.5. The van der Waals surface area contributed by atoms with Crippen molar-refractivity contribution >= 4 is 17.9 Å². The number of esters is 3. The van der Waals surface area contributed by atoms with Crippen molar-refractivity contribution in [3.05, 3.63) is 72.9 Å². The predicted molar refractivity (Wildman–Crippen MR) is 274 cm³/mol. The summed E-state index contributed by atoms with van der Waals surface area (Å²) in [5.74, 6) is -0.901. The third kappa shape index (κ3) is 49.9. The molecule has 0 aliphatic rings. The first-order valence-corrected chi connectivity index (χ1v) is 26.9. The van der Waals surface area contributed by atoms with Crippen molar-refractivity contribution in [3.8, 4) is 0 Å². The molecular weight excluding hydrogens is 793 g/mol. The predicted octanol–water partition coefficient (Wildman–Crippen LogP) is 17.8. The number of hydrogen-bond acceptors (Lipinski definition) is 6. The number of carbonyl (C=O) groups excluding carboxylic acids is 3. The SMILES string of the molecule is CC/C=C\C/C=C\C/C=C\C/C=C\C/C=C\CCCCCCCCCCCCCCCCCC(=O)OCC(COC(=O)CCCCCCC)OC(=O)CCCCCCC/C=C\CCC. The number of carbonyl (C=O) groups is 3. The summed E-state index contributed by atoms with van der Waals surface area (Å²) in [5.41, 5.74) is 0. The van der Waals surface area contributed by atoms with Crippen molar-refractivity contribution in [2.24, 2.45) is 0 Å². The number of allylic oxidation sites excluding steroid dienone is 12. The second kappa shape index (κ2) is 52.5. The first-order valence-electron chi connectivity index (χ1n) is 26.9. The molecule has 0 aromatic rings. The standard InChI is InChI=1S/C58H100O6/c1-4-7-10-13-15-17-19-20-21-22-23-24-25-26-27-28-29-30-31-32-33-34-35-36-37-38-39-41-42-45-48-51-57(60)63-54-55(53-62-56(59)50-47-44-12-9-6-3)64-58(61)52-49-46-43-40-18-16-14-11-8-5-2/h7,10-11,14-15,17,20-21,23-24,26-27,55H,4-6,8-9,12-13,16,18-19,22,25,28-54H2,1-3H3/b10-7-,14-11-,17-15-,21-20-,24-23-,27-26-. The van der Waals surface area contributed by atoms with E-state index in [2.05, 4.69) is 93.7 Å². The van der Waals surface area contributed by atoms with E-state index in [0.717, 1.165) is 116 Å². The van der Waals surface area contributed by atoms with Crippen LogP contribution in [0.3, 0.4) is 0 Å². The lowest BCUT2D eigenvalue weighted by atomic mass is 10.0. The molecule has 0 aliphatic carbocycles. The Balaban J connectivity index is 3.92. The molecule has 0 aromatic carbocycles. The normalized spacial score (nSPS) is 12.6. The highest BCUT2D eigenvalue weighted by Crippen LogP contribution is 2.15. The van der Waals surface area contributed by atoms with Crippen LogP contribution in [0.15, 0.2) is 72.9 Å². The number of unbranched alkanes of at least 4 members (excludes halogenated alkanes) is 25. The molecule has 6 nitrogen and oxygen atoms in total. The van der Waals surface area contributed by atoms with Gasteiger partial charge in [-0.2, -0.15) is 0 Å². The zero-order valence-electron chi connectivity index (χ0n) is 42.0. The van der Waals surface area contributed by atoms with E-state index in [4.69, 9.17) is 14.2 Å². The maximum atomic E-state index is 12.7. The molecule has 0 N–H and O–H groups in total. The van der Waals surface area contributed by atoms with E-state index >= 15 is 0 Å². The van der Waals surface area contributed by atoms with Gasteiger partial charge in [0.1, 0.15) is 13.2 Å². The summed E-state index contributed by atoms with van der Waals surface area (Å²) >= 11 is 0. The lowest BCUT2D eigenvalue weighted by Gasteiger charge is -2.18. The Morgan fingerprint density at radius 2 is 0.641 bits per heavy atom. The summed E-state index contributed by atoms with van der Waals surface area (Å²) < 4.78 is 16.6. The summed E-state index contributed by atoms with van der Waals surface area (Å²) in [7, 11) is 0. The van der Waals surface area contributed by atoms with Crippen LogP contribution in [0.4, 0.5) is 0 Å². The Bertz CT molecular complexity index is 1210. The summed E-state index contributed by atoms with van der Waals surface area (Å²) in [6.07, 6.45) is 66.7. The highest BCUT2D eigenvalue weighted by molar-refractivity contribution is 5.71. The molecule has 0 rings (SSSR count). The molecule has 368 valence electrons. The van der Waals surface area contributed by atoms with Gasteiger partial charge in [-0.1, -0.05) is 229 Å². The van der Waals surface area contributed by atoms with Gasteiger partial charge in [0, 0.05) is 19.3 Å². The van der Waals surface area contributed by atoms with Crippen molar-refractivity contribution in [3.63, 3.8) is 0 Å². The highest BCUT2D eigenvalue weighted by Gasteiger charge is 2.19. The van der Waals surface area contributed by atoms with E-state index in [1.165, 1.54) is 103 Å². The van der Waals surface area contributed by atoms with Gasteiger partial charge in [0.25, 0.3) is 0 Å². The minimum absolute atomic E-state index is 0.0771. The quantitative estimate of drug-likeness (QED) is 0.0262. The van der Waals surface area contributed by atoms with E-state index in [0.29, 0.717) is 19.3 Å². The van der Waals surface area contributed by atoms with Gasteiger partial charge in [0.05, 0.1) is 0 Å². The van der Waals surface area contributed by atoms with E-state index in [1.54, 1.807) is 0 Å². The third-order valence-corrected chi connectivity index (χ3v) is 11.4. The van der Waals surface area contributed by atoms with Gasteiger partial charge < -0.3 is 14.2 Å². The molecule has 1 unspecified atom stereocenters. The monoisotopic (exact) mass is 893 g/mol. The lowest BCUT2D eigenvalue weighted by molar-refractivity contribution is -0.167. The molecule has 0 aromatic heterocycles. The van der Waals surface area contributed by atoms with Crippen LogP contribution in [0.2, 0.25) is 0 Å². The maximum absolute atomic E-state index is 12.7. The van der Waals surface area contributed by atoms with Crippen LogP contribution >= 0.6 is 0 Å². The smallest absolute Gasteiger partial charge is 0.306 e. The molecule has 0 amide bonds. The Hall–Kier alpha value is -3.15. The number of rotatable bonds is 48. The molecule has 0 saturated heterocycles. The topological polar surface area (TPSA) is 78.9 Å². The molecule has 0 bridgehead atoms. The minimum Gasteiger partial charge on any atom is -0.462 e. The fourth-order valence-corrected chi connectivity index (χ4v) is 7.41. The van der Waals surface area contributed by atoms with E-state index < -0.39 is 6.10 Å². The second-order valence-electron chi connectivity index (χ2n) is 17.8. The molecule has 1 atom stereocenters. The van der Waals surface area contributed by atoms with E-state index in [9.17, 15) is 14.4 Å². The summed E-state index contributed by atoms with van der Waals surface area (Å²) in [5, 5.41) is 0. The van der Waals surface area contributed by atoms with Gasteiger partial charge >= 0.3 is 17.9 Å². The Kier molecular flexibility index (Phi) is 49.9. The third-order valence-electron chi connectivity index (χ3n) is 11.4. The highest BCUT2D eigenvalue weighted by atomic mass is 16.6. The van der Waals surface area contributed by atoms with Crippen molar-refractivity contribution in [1.29, 1.82) is 0 Å². The fraction of sp³-hybridized carbons (Fsp3) is 0.741. The first kappa shape index (κ1) is 60.9. The van der Waals surface area contributed by atoms with E-state index in [-0.39, 0.29) is 31.1 Å². The minimum atomic E-state index is -0.772. The van der Waals surface area contributed by atoms with Crippen LogP contribution < -0.4 is 0 Å². The molecule has 0 saturated carbocycles. The largest absolute Gasteiger partial charge is 0.462 e. The molecule has 0 fully saturated rings. The molecule has 0 heterocycles. The van der Waals surface area contributed by atoms with Gasteiger partial charge in [0.2, 0.25) is 0 Å². The fourth-order valence-electron chi connectivity index (χ4n) is 7.41. The van der Waals surface area contributed by atoms with Crippen molar-refractivity contribution < 1.29 is 28.6 Å². The van der Waals surface area contributed by atoms with Crippen LogP contribution in [-0.4, -0.2) is 37.2 Å². The van der Waals surface area contributed by atoms with Gasteiger partial charge in [-0.25, -0.2) is 0 Å². The number of hydrogen-bond donors (Lipinski definition) is 0. The van der Waals surface area contributed by atoms with Gasteiger partial charge in [-0.05, 0) is 83.5 Å². The second-order valence-corrected chi connectivity index (χ2v) is 17.8. The van der Waals surface area contributed by atoms with Gasteiger partial charge in [-0.3, -0.25) is 14.4 Å². The molecule has 0 aliphatic heterocycles.